The molecule has 2 nitrogen and oxygen atoms in total. The zero-order chi connectivity index (χ0) is 11.4. The molecule has 0 aliphatic rings. The largest absolute Gasteiger partial charge is 0.396 e. The number of hydrogen-bond donors (Lipinski definition) is 1. The summed E-state index contributed by atoms with van der Waals surface area (Å²) in [7, 11) is 0. The van der Waals surface area contributed by atoms with Gasteiger partial charge >= 0.3 is 0 Å². The van der Waals surface area contributed by atoms with Crippen molar-refractivity contribution >= 4 is 0 Å². The first kappa shape index (κ1) is 14.9. The molecule has 0 spiro atoms. The second-order valence-corrected chi connectivity index (χ2v) is 4.30. The highest BCUT2D eigenvalue weighted by Gasteiger charge is 2.07. The van der Waals surface area contributed by atoms with Crippen LogP contribution in [0, 0.1) is 5.92 Å². The molecule has 0 aliphatic carbocycles. The summed E-state index contributed by atoms with van der Waals surface area (Å²) in [5.74, 6) is 0.736. The molecular weight excluding hydrogens is 188 g/mol. The molecule has 0 fully saturated rings. The van der Waals surface area contributed by atoms with Gasteiger partial charge in [0.25, 0.3) is 0 Å². The highest BCUT2D eigenvalue weighted by Crippen LogP contribution is 2.16. The number of unbranched alkanes of at least 4 members (excludes halogenated alkanes) is 2. The SMILES string of the molecule is CCCCCC(CCC)COCCCO. The number of hydrogen-bond acceptors (Lipinski definition) is 2. The molecule has 1 N–H and O–H groups in total. The van der Waals surface area contributed by atoms with E-state index in [-0.39, 0.29) is 6.61 Å². The van der Waals surface area contributed by atoms with Gasteiger partial charge < -0.3 is 9.84 Å². The topological polar surface area (TPSA) is 29.5 Å². The number of aliphatic hydroxyl groups is 1. The van der Waals surface area contributed by atoms with Gasteiger partial charge in [0.2, 0.25) is 0 Å². The van der Waals surface area contributed by atoms with Crippen LogP contribution in [0.1, 0.15) is 58.8 Å². The van der Waals surface area contributed by atoms with Gasteiger partial charge in [0.15, 0.2) is 0 Å². The maximum atomic E-state index is 8.63. The Kier molecular flexibility index (Phi) is 11.9. The molecule has 92 valence electrons. The summed E-state index contributed by atoms with van der Waals surface area (Å²) in [6.07, 6.45) is 8.59. The van der Waals surface area contributed by atoms with Crippen LogP contribution in [-0.4, -0.2) is 24.9 Å². The zero-order valence-corrected chi connectivity index (χ0v) is 10.5. The zero-order valence-electron chi connectivity index (χ0n) is 10.5. The van der Waals surface area contributed by atoms with E-state index in [1.54, 1.807) is 0 Å². The summed E-state index contributed by atoms with van der Waals surface area (Å²) in [5, 5.41) is 8.63. The van der Waals surface area contributed by atoms with Gasteiger partial charge in [0.1, 0.15) is 0 Å². The van der Waals surface area contributed by atoms with E-state index in [2.05, 4.69) is 13.8 Å². The van der Waals surface area contributed by atoms with Gasteiger partial charge in [-0.15, -0.1) is 0 Å². The van der Waals surface area contributed by atoms with Gasteiger partial charge in [0.05, 0.1) is 0 Å². The fourth-order valence-electron chi connectivity index (χ4n) is 1.82. The standard InChI is InChI=1S/C13H28O2/c1-3-5-6-9-13(8-4-2)12-15-11-7-10-14/h13-14H,3-12H2,1-2H3. The molecule has 2 heteroatoms. The molecule has 0 saturated heterocycles. The third-order valence-corrected chi connectivity index (χ3v) is 2.71. The smallest absolute Gasteiger partial charge is 0.0494 e. The highest BCUT2D eigenvalue weighted by atomic mass is 16.5. The van der Waals surface area contributed by atoms with E-state index in [4.69, 9.17) is 9.84 Å². The lowest BCUT2D eigenvalue weighted by Gasteiger charge is -2.15. The average Bonchev–Trinajstić information content (AvgIpc) is 2.24. The molecule has 0 aromatic heterocycles. The van der Waals surface area contributed by atoms with Crippen LogP contribution in [0.3, 0.4) is 0 Å². The van der Waals surface area contributed by atoms with E-state index >= 15 is 0 Å². The van der Waals surface area contributed by atoms with Crippen LogP contribution in [0.25, 0.3) is 0 Å². The molecule has 0 amide bonds. The Balaban J connectivity index is 3.44. The molecule has 0 saturated carbocycles. The number of rotatable bonds is 11. The predicted molar refractivity (Wildman–Crippen MR) is 65.1 cm³/mol. The molecular formula is C13H28O2. The van der Waals surface area contributed by atoms with Crippen molar-refractivity contribution in [2.75, 3.05) is 19.8 Å². The van der Waals surface area contributed by atoms with Crippen LogP contribution >= 0.6 is 0 Å². The van der Waals surface area contributed by atoms with Crippen molar-refractivity contribution in [3.8, 4) is 0 Å². The fourth-order valence-corrected chi connectivity index (χ4v) is 1.82. The van der Waals surface area contributed by atoms with Crippen LogP contribution in [0.4, 0.5) is 0 Å². The highest BCUT2D eigenvalue weighted by molar-refractivity contribution is 4.58. The molecule has 0 aromatic carbocycles. The predicted octanol–water partition coefficient (Wildman–Crippen LogP) is 3.38. The molecule has 1 atom stereocenters. The number of aliphatic hydroxyl groups excluding tert-OH is 1. The Morgan fingerprint density at radius 3 is 2.40 bits per heavy atom. The minimum absolute atomic E-state index is 0.244. The van der Waals surface area contributed by atoms with E-state index < -0.39 is 0 Å². The average molecular weight is 216 g/mol. The third kappa shape index (κ3) is 10.2. The summed E-state index contributed by atoms with van der Waals surface area (Å²) < 4.78 is 5.56. The second kappa shape index (κ2) is 12.0. The van der Waals surface area contributed by atoms with Gasteiger partial charge in [0, 0.05) is 19.8 Å². The van der Waals surface area contributed by atoms with Crippen molar-refractivity contribution in [2.45, 2.75) is 58.8 Å². The minimum atomic E-state index is 0.244. The van der Waals surface area contributed by atoms with Gasteiger partial charge in [-0.2, -0.15) is 0 Å². The fraction of sp³-hybridized carbons (Fsp3) is 1.00. The van der Waals surface area contributed by atoms with E-state index in [0.29, 0.717) is 6.61 Å². The van der Waals surface area contributed by atoms with Crippen LogP contribution < -0.4 is 0 Å². The lowest BCUT2D eigenvalue weighted by Crippen LogP contribution is -2.11. The van der Waals surface area contributed by atoms with Gasteiger partial charge in [-0.25, -0.2) is 0 Å². The van der Waals surface area contributed by atoms with Crippen LogP contribution in [0.2, 0.25) is 0 Å². The lowest BCUT2D eigenvalue weighted by atomic mass is 9.97. The van der Waals surface area contributed by atoms with Crippen LogP contribution in [0.5, 0.6) is 0 Å². The van der Waals surface area contributed by atoms with Crippen molar-refractivity contribution in [1.82, 2.24) is 0 Å². The molecule has 0 radical (unpaired) electrons. The van der Waals surface area contributed by atoms with Crippen molar-refractivity contribution in [3.63, 3.8) is 0 Å². The first-order valence-electron chi connectivity index (χ1n) is 6.53. The third-order valence-electron chi connectivity index (χ3n) is 2.71. The van der Waals surface area contributed by atoms with E-state index in [1.165, 1.54) is 38.5 Å². The van der Waals surface area contributed by atoms with E-state index in [0.717, 1.165) is 18.9 Å². The first-order chi connectivity index (χ1) is 7.35. The van der Waals surface area contributed by atoms with Crippen molar-refractivity contribution in [1.29, 1.82) is 0 Å². The summed E-state index contributed by atoms with van der Waals surface area (Å²) in [6, 6.07) is 0. The second-order valence-electron chi connectivity index (χ2n) is 4.30. The lowest BCUT2D eigenvalue weighted by molar-refractivity contribution is 0.0802. The summed E-state index contributed by atoms with van der Waals surface area (Å²) >= 11 is 0. The van der Waals surface area contributed by atoms with E-state index in [1.807, 2.05) is 0 Å². The molecule has 0 heterocycles. The Labute approximate surface area is 95.0 Å². The minimum Gasteiger partial charge on any atom is -0.396 e. The first-order valence-corrected chi connectivity index (χ1v) is 6.53. The maximum Gasteiger partial charge on any atom is 0.0494 e. The molecule has 0 aromatic rings. The monoisotopic (exact) mass is 216 g/mol. The van der Waals surface area contributed by atoms with Crippen LogP contribution in [0.15, 0.2) is 0 Å². The van der Waals surface area contributed by atoms with Crippen molar-refractivity contribution in [3.05, 3.63) is 0 Å². The Bertz CT molecular complexity index is 115. The molecule has 1 unspecified atom stereocenters. The number of ether oxygens (including phenoxy) is 1. The molecule has 0 bridgehead atoms. The Hall–Kier alpha value is -0.0800. The van der Waals surface area contributed by atoms with E-state index in [9.17, 15) is 0 Å². The van der Waals surface area contributed by atoms with Gasteiger partial charge in [-0.1, -0.05) is 39.5 Å². The Morgan fingerprint density at radius 1 is 1.00 bits per heavy atom. The summed E-state index contributed by atoms with van der Waals surface area (Å²) in [6.45, 7) is 6.32. The molecule has 0 aliphatic heterocycles. The van der Waals surface area contributed by atoms with Crippen molar-refractivity contribution in [2.24, 2.45) is 5.92 Å². The summed E-state index contributed by atoms with van der Waals surface area (Å²) in [5.41, 5.74) is 0. The van der Waals surface area contributed by atoms with Crippen molar-refractivity contribution < 1.29 is 9.84 Å². The maximum absolute atomic E-state index is 8.63. The Morgan fingerprint density at radius 2 is 1.80 bits per heavy atom. The molecule has 0 rings (SSSR count). The van der Waals surface area contributed by atoms with Crippen LogP contribution in [-0.2, 0) is 4.74 Å². The van der Waals surface area contributed by atoms with Gasteiger partial charge in [-0.05, 0) is 25.2 Å². The quantitative estimate of drug-likeness (QED) is 0.536. The molecule has 15 heavy (non-hydrogen) atoms. The summed E-state index contributed by atoms with van der Waals surface area (Å²) in [4.78, 5) is 0. The van der Waals surface area contributed by atoms with Gasteiger partial charge in [-0.3, -0.25) is 0 Å². The normalized spacial score (nSPS) is 13.0.